The topological polar surface area (TPSA) is 85.3 Å². The molecule has 0 aliphatic carbocycles. The van der Waals surface area contributed by atoms with Crippen LogP contribution in [-0.4, -0.2) is 33.9 Å². The second kappa shape index (κ2) is 558. The van der Waals surface area contributed by atoms with E-state index in [0.29, 0.717) is 0 Å². The number of hydrogen-bond acceptors (Lipinski definition) is 5. The standard InChI is InChI=1S/5CO.Os/c5*1-2;. The van der Waals surface area contributed by atoms with Crippen molar-refractivity contribution >= 4 is 33.9 Å². The number of carbonyl (C=O) groups excluding carboxylic acids is 5. The zero-order chi connectivity index (χ0) is 10.0. The molecule has 0 saturated heterocycles. The van der Waals surface area contributed by atoms with Gasteiger partial charge in [-0.1, -0.05) is 0 Å². The molecule has 0 saturated carbocycles. The molecule has 0 aliphatic rings. The Kier molecular flexibility index (Phi) is 2570. The van der Waals surface area contributed by atoms with Crippen molar-refractivity contribution in [2.45, 2.75) is 0 Å². The summed E-state index contributed by atoms with van der Waals surface area (Å²) in [6.45, 7) is 22.5. The van der Waals surface area contributed by atoms with Gasteiger partial charge in [0.1, 0.15) is 0 Å². The van der Waals surface area contributed by atoms with Crippen molar-refractivity contribution in [2.24, 2.45) is 0 Å². The smallest absolute Gasteiger partial charge is 0.281 e. The van der Waals surface area contributed by atoms with E-state index in [9.17, 15) is 0 Å². The molecule has 0 unspecified atom stereocenters. The molecule has 10 radical (unpaired) electrons. The summed E-state index contributed by atoms with van der Waals surface area (Å²) in [6, 6.07) is 0. The van der Waals surface area contributed by atoms with Crippen LogP contribution in [0.5, 0.6) is 0 Å². The fraction of sp³-hybridized carbons (Fsp3) is 0. The van der Waals surface area contributed by atoms with Gasteiger partial charge in [0.2, 0.25) is 0 Å². The third-order valence-corrected chi connectivity index (χ3v) is 0. The molecule has 0 rings (SSSR count). The second-order valence-electron chi connectivity index (χ2n) is 0. The van der Waals surface area contributed by atoms with Gasteiger partial charge in [-0.3, -0.25) is 24.0 Å². The minimum Gasteiger partial charge on any atom is -0.281 e. The van der Waals surface area contributed by atoms with Gasteiger partial charge in [0.25, 0.3) is 33.9 Å². The van der Waals surface area contributed by atoms with Crippen LogP contribution in [0.15, 0.2) is 0 Å². The Bertz CT molecular complexity index is 26.4. The molecule has 0 aliphatic heterocycles. The summed E-state index contributed by atoms with van der Waals surface area (Å²) in [5.74, 6) is 0. The van der Waals surface area contributed by atoms with Gasteiger partial charge in [-0.05, 0) is 0 Å². The molecular weight excluding hydrogens is 330 g/mol. The minimum atomic E-state index is 0. The van der Waals surface area contributed by atoms with E-state index in [0.717, 1.165) is 0 Å². The Morgan fingerprint density at radius 1 is 0.364 bits per heavy atom. The predicted molar refractivity (Wildman–Crippen MR) is 28.5 cm³/mol. The summed E-state index contributed by atoms with van der Waals surface area (Å²) >= 11 is 0. The summed E-state index contributed by atoms with van der Waals surface area (Å²) in [4.78, 5) is 37.5. The molecule has 11 heavy (non-hydrogen) atoms. The Labute approximate surface area is 78.2 Å². The summed E-state index contributed by atoms with van der Waals surface area (Å²) < 4.78 is 0. The van der Waals surface area contributed by atoms with Crippen molar-refractivity contribution in [1.29, 1.82) is 0 Å². The second-order valence-corrected chi connectivity index (χ2v) is 0. The molecule has 0 fully saturated rings. The van der Waals surface area contributed by atoms with Gasteiger partial charge >= 0.3 is 0 Å². The zero-order valence-corrected chi connectivity index (χ0v) is 7.44. The van der Waals surface area contributed by atoms with E-state index in [-0.39, 0.29) is 19.8 Å². The van der Waals surface area contributed by atoms with Crippen LogP contribution >= 0.6 is 0 Å². The van der Waals surface area contributed by atoms with Crippen LogP contribution in [-0.2, 0) is 43.8 Å². The molecule has 0 aromatic carbocycles. The van der Waals surface area contributed by atoms with E-state index in [1.54, 1.807) is 0 Å². The van der Waals surface area contributed by atoms with Gasteiger partial charge < -0.3 is 0 Å². The van der Waals surface area contributed by atoms with E-state index < -0.39 is 0 Å². The molecule has 0 N–H and O–H groups in total. The van der Waals surface area contributed by atoms with Crippen LogP contribution in [0.4, 0.5) is 0 Å². The van der Waals surface area contributed by atoms with E-state index >= 15 is 0 Å². The van der Waals surface area contributed by atoms with Crippen molar-refractivity contribution in [3.05, 3.63) is 0 Å². The van der Waals surface area contributed by atoms with Gasteiger partial charge in [0.15, 0.2) is 0 Å². The average Bonchev–Trinajstić information content (AvgIpc) is 2.20. The van der Waals surface area contributed by atoms with Gasteiger partial charge in [-0.2, -0.15) is 0 Å². The molecular formula is C5O5Os. The maximum Gasteiger partial charge on any atom is 0.281 e. The third kappa shape index (κ3) is 427. The van der Waals surface area contributed by atoms with Crippen LogP contribution in [0.3, 0.4) is 0 Å². The first-order valence-corrected chi connectivity index (χ1v) is 1.02. The van der Waals surface area contributed by atoms with Crippen LogP contribution in [0, 0.1) is 0 Å². The normalized spacial score (nSPS) is 1.82. The van der Waals surface area contributed by atoms with E-state index in [2.05, 4.69) is 33.9 Å². The Hall–Kier alpha value is -1.01. The first kappa shape index (κ1) is 50.7. The Balaban J connectivity index is -0.00000000694. The maximum atomic E-state index is 7.50. The molecule has 58 valence electrons. The van der Waals surface area contributed by atoms with Crippen molar-refractivity contribution in [1.82, 2.24) is 0 Å². The Morgan fingerprint density at radius 2 is 0.364 bits per heavy atom. The summed E-state index contributed by atoms with van der Waals surface area (Å²) in [6.07, 6.45) is 0. The molecule has 5 nitrogen and oxygen atoms in total. The molecule has 0 amide bonds. The van der Waals surface area contributed by atoms with E-state index in [1.807, 2.05) is 0 Å². The first-order chi connectivity index (χ1) is 5.00. The van der Waals surface area contributed by atoms with Gasteiger partial charge in [-0.15, -0.1) is 0 Å². The van der Waals surface area contributed by atoms with Crippen molar-refractivity contribution in [2.75, 3.05) is 0 Å². The average molecular weight is 330 g/mol. The monoisotopic (exact) mass is 332 g/mol. The molecule has 0 spiro atoms. The van der Waals surface area contributed by atoms with Crippen LogP contribution < -0.4 is 0 Å². The van der Waals surface area contributed by atoms with Crippen molar-refractivity contribution < 1.29 is 43.8 Å². The molecule has 0 heterocycles. The van der Waals surface area contributed by atoms with Crippen LogP contribution in [0.2, 0.25) is 0 Å². The minimum absolute atomic E-state index is 0. The van der Waals surface area contributed by atoms with Gasteiger partial charge in [0.05, 0.1) is 0 Å². The molecule has 6 heteroatoms. The van der Waals surface area contributed by atoms with Crippen LogP contribution in [0.1, 0.15) is 0 Å². The van der Waals surface area contributed by atoms with Crippen molar-refractivity contribution in [3.63, 3.8) is 0 Å². The van der Waals surface area contributed by atoms with Crippen LogP contribution in [0.25, 0.3) is 0 Å². The third-order valence-electron chi connectivity index (χ3n) is 0. The fourth-order valence-electron chi connectivity index (χ4n) is 0. The summed E-state index contributed by atoms with van der Waals surface area (Å²) in [5.41, 5.74) is 0. The van der Waals surface area contributed by atoms with Crippen molar-refractivity contribution in [3.8, 4) is 0 Å². The summed E-state index contributed by atoms with van der Waals surface area (Å²) in [7, 11) is 0. The maximum absolute atomic E-state index is 7.50. The number of hydrogen-bond donors (Lipinski definition) is 0. The quantitative estimate of drug-likeness (QED) is 0.513. The predicted octanol–water partition coefficient (Wildman–Crippen LogP) is -1.99. The first-order valence-electron chi connectivity index (χ1n) is 1.02. The van der Waals surface area contributed by atoms with Gasteiger partial charge in [0, 0.05) is 19.8 Å². The van der Waals surface area contributed by atoms with E-state index in [1.165, 1.54) is 0 Å². The fourth-order valence-corrected chi connectivity index (χ4v) is 0. The molecule has 0 aromatic heterocycles. The summed E-state index contributed by atoms with van der Waals surface area (Å²) in [5, 5.41) is 0. The zero-order valence-electron chi connectivity index (χ0n) is 4.89. The number of rotatable bonds is 0. The Morgan fingerprint density at radius 3 is 0.364 bits per heavy atom. The molecule has 0 aromatic rings. The van der Waals surface area contributed by atoms with Gasteiger partial charge in [-0.25, -0.2) is 0 Å². The SMILES string of the molecule is [C]=O.[C]=O.[C]=O.[C]=O.[C]=O.[Os]. The van der Waals surface area contributed by atoms with E-state index in [4.69, 9.17) is 24.0 Å². The molecule has 0 bridgehead atoms. The largest absolute Gasteiger partial charge is 0.281 e. The molecule has 0 atom stereocenters.